The van der Waals surface area contributed by atoms with Crippen LogP contribution in [0.5, 0.6) is 0 Å². The van der Waals surface area contributed by atoms with Crippen molar-refractivity contribution in [3.05, 3.63) is 65.9 Å². The number of carbonyl (C=O) groups is 1. The van der Waals surface area contributed by atoms with Gasteiger partial charge < -0.3 is 5.32 Å². The Morgan fingerprint density at radius 2 is 1.95 bits per heavy atom. The zero-order valence-corrected chi connectivity index (χ0v) is 10.8. The number of halogens is 1. The Labute approximate surface area is 114 Å². The second kappa shape index (κ2) is 4.77. The Bertz CT molecular complexity index is 795. The number of aryl methyl sites for hydroxylation is 1. The predicted octanol–water partition coefficient (Wildman–Crippen LogP) is 3.03. The van der Waals surface area contributed by atoms with Gasteiger partial charge in [-0.25, -0.2) is 9.37 Å². The second-order valence-corrected chi connectivity index (χ2v) is 4.41. The first-order valence-corrected chi connectivity index (χ1v) is 6.16. The van der Waals surface area contributed by atoms with E-state index in [4.69, 9.17) is 0 Å². The van der Waals surface area contributed by atoms with Gasteiger partial charge in [-0.05, 0) is 31.2 Å². The van der Waals surface area contributed by atoms with Crippen molar-refractivity contribution in [3.63, 3.8) is 0 Å². The molecule has 100 valence electrons. The van der Waals surface area contributed by atoms with E-state index in [2.05, 4.69) is 10.3 Å². The van der Waals surface area contributed by atoms with Crippen molar-refractivity contribution in [3.8, 4) is 0 Å². The molecule has 0 saturated carbocycles. The zero-order chi connectivity index (χ0) is 14.1. The fraction of sp³-hybridized carbons (Fsp3) is 0.0667. The van der Waals surface area contributed by atoms with Gasteiger partial charge in [0.25, 0.3) is 5.91 Å². The molecule has 0 unspecified atom stereocenters. The van der Waals surface area contributed by atoms with Crippen LogP contribution in [0.1, 0.15) is 16.2 Å². The van der Waals surface area contributed by atoms with Crippen LogP contribution in [-0.4, -0.2) is 15.3 Å². The van der Waals surface area contributed by atoms with E-state index in [0.29, 0.717) is 17.0 Å². The highest BCUT2D eigenvalue weighted by Gasteiger charge is 2.17. The van der Waals surface area contributed by atoms with E-state index >= 15 is 0 Å². The third-order valence-corrected chi connectivity index (χ3v) is 3.04. The minimum atomic E-state index is -0.465. The van der Waals surface area contributed by atoms with E-state index < -0.39 is 5.82 Å². The highest BCUT2D eigenvalue weighted by Crippen LogP contribution is 2.16. The number of hydrogen-bond donors (Lipinski definition) is 1. The lowest BCUT2D eigenvalue weighted by Crippen LogP contribution is -2.16. The smallest absolute Gasteiger partial charge is 0.274 e. The molecule has 0 atom stereocenters. The summed E-state index contributed by atoms with van der Waals surface area (Å²) in [5, 5.41) is 2.57. The second-order valence-electron chi connectivity index (χ2n) is 4.41. The Morgan fingerprint density at radius 3 is 2.75 bits per heavy atom. The largest absolute Gasteiger partial charge is 0.318 e. The van der Waals surface area contributed by atoms with Crippen LogP contribution in [0.2, 0.25) is 0 Å². The Morgan fingerprint density at radius 1 is 1.20 bits per heavy atom. The van der Waals surface area contributed by atoms with Crippen LogP contribution in [0, 0.1) is 12.7 Å². The van der Waals surface area contributed by atoms with Gasteiger partial charge in [-0.2, -0.15) is 0 Å². The van der Waals surface area contributed by atoms with Gasteiger partial charge in [0.15, 0.2) is 0 Å². The number of pyridine rings is 1. The van der Waals surface area contributed by atoms with Crippen LogP contribution in [0.15, 0.2) is 48.7 Å². The van der Waals surface area contributed by atoms with E-state index in [1.54, 1.807) is 29.7 Å². The summed E-state index contributed by atoms with van der Waals surface area (Å²) in [6.07, 6.45) is 1.76. The average Bonchev–Trinajstić information content (AvgIpc) is 2.77. The molecule has 0 bridgehead atoms. The van der Waals surface area contributed by atoms with Gasteiger partial charge in [0.05, 0.1) is 11.4 Å². The van der Waals surface area contributed by atoms with E-state index in [1.165, 1.54) is 12.1 Å². The van der Waals surface area contributed by atoms with Crippen molar-refractivity contribution in [2.75, 3.05) is 5.32 Å². The topological polar surface area (TPSA) is 46.4 Å². The van der Waals surface area contributed by atoms with Crippen molar-refractivity contribution < 1.29 is 9.18 Å². The van der Waals surface area contributed by atoms with Gasteiger partial charge in [-0.3, -0.25) is 9.20 Å². The van der Waals surface area contributed by atoms with E-state index in [1.807, 2.05) is 18.2 Å². The summed E-state index contributed by atoms with van der Waals surface area (Å²) in [6.45, 7) is 1.75. The number of para-hydroxylation sites is 1. The minimum absolute atomic E-state index is 0.155. The van der Waals surface area contributed by atoms with Gasteiger partial charge in [0, 0.05) is 6.20 Å². The molecule has 3 rings (SSSR count). The Hall–Kier alpha value is -2.69. The fourth-order valence-electron chi connectivity index (χ4n) is 2.13. The molecule has 1 N–H and O–H groups in total. The normalized spacial score (nSPS) is 10.7. The number of imidazole rings is 1. The van der Waals surface area contributed by atoms with Crippen LogP contribution in [0.25, 0.3) is 5.65 Å². The number of nitrogens with zero attached hydrogens (tertiary/aromatic N) is 2. The number of hydrogen-bond acceptors (Lipinski definition) is 2. The maximum absolute atomic E-state index is 13.6. The van der Waals surface area contributed by atoms with Crippen molar-refractivity contribution in [2.45, 2.75) is 6.92 Å². The predicted molar refractivity (Wildman–Crippen MR) is 74.3 cm³/mol. The number of aromatic nitrogens is 2. The van der Waals surface area contributed by atoms with Crippen molar-refractivity contribution >= 4 is 17.2 Å². The van der Waals surface area contributed by atoms with Gasteiger partial charge in [-0.15, -0.1) is 0 Å². The van der Waals surface area contributed by atoms with Gasteiger partial charge in [-0.1, -0.05) is 18.2 Å². The molecule has 1 aromatic carbocycles. The molecule has 2 aromatic heterocycles. The summed E-state index contributed by atoms with van der Waals surface area (Å²) < 4.78 is 15.3. The Balaban J connectivity index is 2.01. The number of benzene rings is 1. The molecule has 5 heteroatoms. The number of fused-ring (bicyclic) bond motifs is 1. The molecule has 0 aliphatic carbocycles. The summed E-state index contributed by atoms with van der Waals surface area (Å²) in [6, 6.07) is 11.5. The van der Waals surface area contributed by atoms with Gasteiger partial charge in [0.1, 0.15) is 17.2 Å². The molecule has 4 nitrogen and oxygen atoms in total. The monoisotopic (exact) mass is 269 g/mol. The molecule has 3 aromatic rings. The number of nitrogens with one attached hydrogen (secondary N) is 1. The van der Waals surface area contributed by atoms with Crippen molar-refractivity contribution in [1.82, 2.24) is 9.38 Å². The van der Waals surface area contributed by atoms with Crippen LogP contribution >= 0.6 is 0 Å². The number of carbonyl (C=O) groups excluding carboxylic acids is 1. The Kier molecular flexibility index (Phi) is 2.95. The molecule has 0 radical (unpaired) electrons. The maximum Gasteiger partial charge on any atom is 0.274 e. The molecule has 2 heterocycles. The minimum Gasteiger partial charge on any atom is -0.318 e. The summed E-state index contributed by atoms with van der Waals surface area (Å²) >= 11 is 0. The quantitative estimate of drug-likeness (QED) is 0.777. The highest BCUT2D eigenvalue weighted by molar-refractivity contribution is 6.04. The molecular weight excluding hydrogens is 257 g/mol. The molecule has 0 aliphatic heterocycles. The molecule has 1 amide bonds. The lowest BCUT2D eigenvalue weighted by molar-refractivity contribution is 0.102. The summed E-state index contributed by atoms with van der Waals surface area (Å²) in [5.41, 5.74) is 1.85. The molecule has 20 heavy (non-hydrogen) atoms. The van der Waals surface area contributed by atoms with Crippen molar-refractivity contribution in [2.24, 2.45) is 0 Å². The van der Waals surface area contributed by atoms with E-state index in [9.17, 15) is 9.18 Å². The van der Waals surface area contributed by atoms with Crippen LogP contribution in [0.3, 0.4) is 0 Å². The maximum atomic E-state index is 13.6. The lowest BCUT2D eigenvalue weighted by atomic mass is 10.2. The number of rotatable bonds is 2. The van der Waals surface area contributed by atoms with Crippen LogP contribution in [0.4, 0.5) is 10.1 Å². The average molecular weight is 269 g/mol. The van der Waals surface area contributed by atoms with Gasteiger partial charge in [0.2, 0.25) is 0 Å². The molecule has 0 saturated heterocycles. The molecular formula is C15H12FN3O. The van der Waals surface area contributed by atoms with E-state index in [0.717, 1.165) is 0 Å². The summed E-state index contributed by atoms with van der Waals surface area (Å²) in [5.74, 6) is -0.848. The first-order chi connectivity index (χ1) is 9.66. The molecule has 0 aliphatic rings. The molecule has 0 fully saturated rings. The summed E-state index contributed by atoms with van der Waals surface area (Å²) in [7, 11) is 0. The third kappa shape index (κ3) is 2.03. The summed E-state index contributed by atoms with van der Waals surface area (Å²) in [4.78, 5) is 16.6. The first kappa shape index (κ1) is 12.3. The highest BCUT2D eigenvalue weighted by atomic mass is 19.1. The van der Waals surface area contributed by atoms with Crippen molar-refractivity contribution in [1.29, 1.82) is 0 Å². The lowest BCUT2D eigenvalue weighted by Gasteiger charge is -2.06. The number of amides is 1. The number of anilines is 1. The standard InChI is InChI=1S/C15H12FN3O/c1-10-14(19-9-5-4-8-13(19)17-10)15(20)18-12-7-3-2-6-11(12)16/h2-9H,1H3,(H,18,20). The van der Waals surface area contributed by atoms with Crippen LogP contribution in [-0.2, 0) is 0 Å². The zero-order valence-electron chi connectivity index (χ0n) is 10.8. The fourth-order valence-corrected chi connectivity index (χ4v) is 2.13. The molecule has 0 spiro atoms. The SMILES string of the molecule is Cc1nc2ccccn2c1C(=O)Nc1ccccc1F. The third-order valence-electron chi connectivity index (χ3n) is 3.04. The van der Waals surface area contributed by atoms with E-state index in [-0.39, 0.29) is 11.6 Å². The van der Waals surface area contributed by atoms with Crippen LogP contribution < -0.4 is 5.32 Å². The van der Waals surface area contributed by atoms with Gasteiger partial charge >= 0.3 is 0 Å². The first-order valence-electron chi connectivity index (χ1n) is 6.16.